The molecule has 0 aliphatic heterocycles. The van der Waals surface area contributed by atoms with Crippen LogP contribution in [-0.2, 0) is 0 Å². The van der Waals surface area contributed by atoms with Crippen molar-refractivity contribution in [1.82, 2.24) is 15.0 Å². The summed E-state index contributed by atoms with van der Waals surface area (Å²) >= 11 is 5.64. The van der Waals surface area contributed by atoms with Crippen LogP contribution in [0.4, 0.5) is 14.7 Å². The van der Waals surface area contributed by atoms with E-state index in [4.69, 9.17) is 16.3 Å². The van der Waals surface area contributed by atoms with Gasteiger partial charge in [-0.25, -0.2) is 8.78 Å². The lowest BCUT2D eigenvalue weighted by Gasteiger charge is -2.05. The molecule has 0 unspecified atom stereocenters. The van der Waals surface area contributed by atoms with Gasteiger partial charge < -0.3 is 10.1 Å². The van der Waals surface area contributed by atoms with Crippen molar-refractivity contribution in [3.63, 3.8) is 0 Å². The second-order valence-electron chi connectivity index (χ2n) is 3.14. The summed E-state index contributed by atoms with van der Waals surface area (Å²) in [6, 6.07) is 2.94. The zero-order valence-electron chi connectivity index (χ0n) is 9.12. The SMILES string of the molecule is CNc1nc(Cl)nc(Oc2ccc(F)c(F)c2)n1. The van der Waals surface area contributed by atoms with Crippen molar-refractivity contribution < 1.29 is 13.5 Å². The zero-order chi connectivity index (χ0) is 13.1. The summed E-state index contributed by atoms with van der Waals surface area (Å²) in [7, 11) is 1.59. The first kappa shape index (κ1) is 12.4. The van der Waals surface area contributed by atoms with Gasteiger partial charge in [-0.3, -0.25) is 0 Å². The Morgan fingerprint density at radius 1 is 1.17 bits per heavy atom. The van der Waals surface area contributed by atoms with E-state index in [1.165, 1.54) is 6.07 Å². The molecule has 0 saturated heterocycles. The summed E-state index contributed by atoms with van der Waals surface area (Å²) < 4.78 is 30.8. The van der Waals surface area contributed by atoms with Crippen molar-refractivity contribution in [2.45, 2.75) is 0 Å². The van der Waals surface area contributed by atoms with Crippen molar-refractivity contribution in [2.24, 2.45) is 0 Å². The van der Waals surface area contributed by atoms with Crippen molar-refractivity contribution in [1.29, 1.82) is 0 Å². The van der Waals surface area contributed by atoms with Crippen LogP contribution in [0, 0.1) is 11.6 Å². The Labute approximate surface area is 106 Å². The average Bonchev–Trinajstić information content (AvgIpc) is 2.33. The highest BCUT2D eigenvalue weighted by Crippen LogP contribution is 2.21. The Balaban J connectivity index is 2.27. The van der Waals surface area contributed by atoms with Gasteiger partial charge in [-0.2, -0.15) is 15.0 Å². The van der Waals surface area contributed by atoms with Crippen LogP contribution >= 0.6 is 11.6 Å². The molecule has 1 heterocycles. The fraction of sp³-hybridized carbons (Fsp3) is 0.100. The molecule has 1 N–H and O–H groups in total. The monoisotopic (exact) mass is 272 g/mol. The van der Waals surface area contributed by atoms with E-state index in [1.54, 1.807) is 7.05 Å². The molecule has 8 heteroatoms. The predicted molar refractivity (Wildman–Crippen MR) is 60.8 cm³/mol. The molecule has 0 aliphatic rings. The molecular weight excluding hydrogens is 266 g/mol. The Bertz CT molecular complexity index is 582. The van der Waals surface area contributed by atoms with E-state index in [-0.39, 0.29) is 23.0 Å². The Morgan fingerprint density at radius 2 is 1.94 bits per heavy atom. The molecule has 2 rings (SSSR count). The number of nitrogens with one attached hydrogen (secondary N) is 1. The Hall–Kier alpha value is -2.02. The minimum absolute atomic E-state index is 0.0539. The first-order valence-corrected chi connectivity index (χ1v) is 5.18. The van der Waals surface area contributed by atoms with Crippen LogP contribution in [0.3, 0.4) is 0 Å². The van der Waals surface area contributed by atoms with Gasteiger partial charge in [0.1, 0.15) is 5.75 Å². The van der Waals surface area contributed by atoms with Gasteiger partial charge >= 0.3 is 6.01 Å². The van der Waals surface area contributed by atoms with E-state index in [9.17, 15) is 8.78 Å². The summed E-state index contributed by atoms with van der Waals surface area (Å²) in [4.78, 5) is 11.3. The lowest BCUT2D eigenvalue weighted by Crippen LogP contribution is -2.01. The van der Waals surface area contributed by atoms with Gasteiger partial charge in [0.25, 0.3) is 0 Å². The molecule has 0 bridgehead atoms. The maximum absolute atomic E-state index is 13.0. The van der Waals surface area contributed by atoms with Gasteiger partial charge in [-0.1, -0.05) is 0 Å². The zero-order valence-corrected chi connectivity index (χ0v) is 9.87. The van der Waals surface area contributed by atoms with Crippen LogP contribution in [0.2, 0.25) is 5.28 Å². The van der Waals surface area contributed by atoms with Crippen molar-refractivity contribution in [3.8, 4) is 11.8 Å². The maximum Gasteiger partial charge on any atom is 0.328 e. The molecule has 0 spiro atoms. The fourth-order valence-corrected chi connectivity index (χ4v) is 1.29. The highest BCUT2D eigenvalue weighted by Gasteiger charge is 2.08. The Morgan fingerprint density at radius 3 is 2.61 bits per heavy atom. The highest BCUT2D eigenvalue weighted by atomic mass is 35.5. The summed E-state index contributed by atoms with van der Waals surface area (Å²) in [6.45, 7) is 0. The standard InChI is InChI=1S/C10H7ClF2N4O/c1-14-9-15-8(11)16-10(17-9)18-5-2-3-6(12)7(13)4-5/h2-4H,1H3,(H,14,15,16,17). The smallest absolute Gasteiger partial charge is 0.328 e. The van der Waals surface area contributed by atoms with Crippen LogP contribution in [0.1, 0.15) is 0 Å². The molecule has 18 heavy (non-hydrogen) atoms. The van der Waals surface area contributed by atoms with E-state index in [0.717, 1.165) is 12.1 Å². The number of hydrogen-bond acceptors (Lipinski definition) is 5. The average molecular weight is 273 g/mol. The molecule has 0 aliphatic carbocycles. The molecule has 1 aromatic heterocycles. The molecule has 0 amide bonds. The van der Waals surface area contributed by atoms with Gasteiger partial charge in [0.05, 0.1) is 0 Å². The van der Waals surface area contributed by atoms with E-state index in [1.807, 2.05) is 0 Å². The van der Waals surface area contributed by atoms with Crippen LogP contribution in [0.5, 0.6) is 11.8 Å². The fourth-order valence-electron chi connectivity index (χ4n) is 1.14. The maximum atomic E-state index is 13.0. The summed E-state index contributed by atoms with van der Waals surface area (Å²) in [6.07, 6.45) is 0. The molecule has 0 saturated carbocycles. The van der Waals surface area contributed by atoms with E-state index < -0.39 is 11.6 Å². The molecular formula is C10H7ClF2N4O. The summed E-state index contributed by atoms with van der Waals surface area (Å²) in [5.74, 6) is -1.74. The van der Waals surface area contributed by atoms with Gasteiger partial charge in [0.2, 0.25) is 11.2 Å². The van der Waals surface area contributed by atoms with Crippen molar-refractivity contribution >= 4 is 17.5 Å². The molecule has 0 fully saturated rings. The number of hydrogen-bond donors (Lipinski definition) is 1. The van der Waals surface area contributed by atoms with Gasteiger partial charge in [0.15, 0.2) is 11.6 Å². The quantitative estimate of drug-likeness (QED) is 0.931. The molecule has 1 aromatic carbocycles. The number of ether oxygens (including phenoxy) is 1. The number of halogens is 3. The molecule has 94 valence electrons. The molecule has 5 nitrogen and oxygen atoms in total. The van der Waals surface area contributed by atoms with Crippen molar-refractivity contribution in [2.75, 3.05) is 12.4 Å². The largest absolute Gasteiger partial charge is 0.424 e. The van der Waals surface area contributed by atoms with Gasteiger partial charge in [-0.15, -0.1) is 0 Å². The lowest BCUT2D eigenvalue weighted by atomic mass is 10.3. The first-order chi connectivity index (χ1) is 8.58. The topological polar surface area (TPSA) is 59.9 Å². The second-order valence-corrected chi connectivity index (χ2v) is 3.48. The number of anilines is 1. The molecule has 0 atom stereocenters. The summed E-state index contributed by atoms with van der Waals surface area (Å²) in [5, 5.41) is 2.58. The van der Waals surface area contributed by atoms with Crippen LogP contribution in [0.25, 0.3) is 0 Å². The van der Waals surface area contributed by atoms with Crippen molar-refractivity contribution in [3.05, 3.63) is 35.1 Å². The number of rotatable bonds is 3. The normalized spacial score (nSPS) is 10.2. The van der Waals surface area contributed by atoms with Crippen LogP contribution in [0.15, 0.2) is 18.2 Å². The molecule has 2 aromatic rings. The lowest BCUT2D eigenvalue weighted by molar-refractivity contribution is 0.430. The summed E-state index contributed by atoms with van der Waals surface area (Å²) in [5.41, 5.74) is 0. The number of benzene rings is 1. The van der Waals surface area contributed by atoms with Gasteiger partial charge in [0, 0.05) is 13.1 Å². The number of nitrogens with zero attached hydrogens (tertiary/aromatic N) is 3. The first-order valence-electron chi connectivity index (χ1n) is 4.80. The third-order valence-electron chi connectivity index (χ3n) is 1.91. The minimum Gasteiger partial charge on any atom is -0.424 e. The number of aromatic nitrogens is 3. The van der Waals surface area contributed by atoms with Gasteiger partial charge in [-0.05, 0) is 23.7 Å². The Kier molecular flexibility index (Phi) is 3.52. The van der Waals surface area contributed by atoms with Crippen LogP contribution < -0.4 is 10.1 Å². The minimum atomic E-state index is -1.03. The second kappa shape index (κ2) is 5.09. The third kappa shape index (κ3) is 2.80. The predicted octanol–water partition coefficient (Wildman–Crippen LogP) is 2.64. The highest BCUT2D eigenvalue weighted by molar-refractivity contribution is 6.28. The van der Waals surface area contributed by atoms with E-state index >= 15 is 0 Å². The third-order valence-corrected chi connectivity index (χ3v) is 2.08. The van der Waals surface area contributed by atoms with E-state index in [2.05, 4.69) is 20.3 Å². The van der Waals surface area contributed by atoms with Crippen LogP contribution in [-0.4, -0.2) is 22.0 Å². The van der Waals surface area contributed by atoms with E-state index in [0.29, 0.717) is 0 Å². The molecule has 0 radical (unpaired) electrons.